The minimum absolute atomic E-state index is 0.178. The molecule has 2 atom stereocenters. The summed E-state index contributed by atoms with van der Waals surface area (Å²) in [5.41, 5.74) is 1.17. The molecule has 2 aliphatic rings. The minimum Gasteiger partial charge on any atom is -0.592 e. The van der Waals surface area contributed by atoms with Gasteiger partial charge in [0.05, 0.1) is 24.0 Å². The summed E-state index contributed by atoms with van der Waals surface area (Å²) in [7, 11) is 0. The number of thiophene rings is 1. The normalized spacial score (nSPS) is 21.4. The fourth-order valence-corrected chi connectivity index (χ4v) is 5.29. The van der Waals surface area contributed by atoms with Crippen LogP contribution in [0, 0.1) is 0 Å². The Morgan fingerprint density at radius 1 is 1.30 bits per heavy atom. The number of nitrogens with zero attached hydrogens (tertiary/aromatic N) is 1. The number of rotatable bonds is 7. The van der Waals surface area contributed by atoms with Crippen LogP contribution >= 0.6 is 11.3 Å². The lowest BCUT2D eigenvalue weighted by Gasteiger charge is -2.29. The molecule has 6 nitrogen and oxygen atoms in total. The molecule has 2 unspecified atom stereocenters. The van der Waals surface area contributed by atoms with Crippen LogP contribution < -0.4 is 19.7 Å². The molecule has 0 saturated carbocycles. The Morgan fingerprint density at radius 2 is 2.19 bits per heavy atom. The molecule has 2 saturated heterocycles. The standard InChI is InChI=1S/C19H25N3O3S2/c23-27(21-14-17-5-2-12-24-17)19-7-6-18(26-19)25-16-4-1-3-15(13-16)22-10-8-20-9-11-22/h1,3-4,6-7,13,17,20-21H,2,5,8-12,14H2. The summed E-state index contributed by atoms with van der Waals surface area (Å²) in [6.07, 6.45) is 2.30. The molecule has 0 amide bonds. The number of benzene rings is 1. The first kappa shape index (κ1) is 19.0. The molecular weight excluding hydrogens is 382 g/mol. The summed E-state index contributed by atoms with van der Waals surface area (Å²) in [4.78, 5) is 2.35. The summed E-state index contributed by atoms with van der Waals surface area (Å²) < 4.78 is 27.8. The predicted octanol–water partition coefficient (Wildman–Crippen LogP) is 2.74. The largest absolute Gasteiger partial charge is 0.592 e. The highest BCUT2D eigenvalue weighted by atomic mass is 32.2. The van der Waals surface area contributed by atoms with E-state index < -0.39 is 11.4 Å². The van der Waals surface area contributed by atoms with E-state index in [1.165, 1.54) is 17.0 Å². The molecule has 2 aliphatic heterocycles. The molecule has 3 heterocycles. The average Bonchev–Trinajstić information content (AvgIpc) is 3.39. The number of nitrogens with one attached hydrogen (secondary N) is 2. The van der Waals surface area contributed by atoms with Crippen molar-refractivity contribution in [2.24, 2.45) is 0 Å². The third-order valence-electron chi connectivity index (χ3n) is 4.72. The van der Waals surface area contributed by atoms with Crippen LogP contribution in [0.5, 0.6) is 10.8 Å². The summed E-state index contributed by atoms with van der Waals surface area (Å²) in [6, 6.07) is 11.9. The quantitative estimate of drug-likeness (QED) is 0.688. The smallest absolute Gasteiger partial charge is 0.231 e. The SMILES string of the molecule is [O-][S+](NCC1CCCO1)c1ccc(Oc2cccc(N3CCNCC3)c2)s1. The zero-order chi connectivity index (χ0) is 18.5. The second kappa shape index (κ2) is 9.27. The van der Waals surface area contributed by atoms with Crippen molar-refractivity contribution in [3.8, 4) is 10.8 Å². The lowest BCUT2D eigenvalue weighted by molar-refractivity contribution is 0.114. The maximum absolute atomic E-state index is 12.4. The van der Waals surface area contributed by atoms with Gasteiger partial charge < -0.3 is 24.2 Å². The van der Waals surface area contributed by atoms with E-state index in [1.54, 1.807) is 0 Å². The highest BCUT2D eigenvalue weighted by molar-refractivity contribution is 7.91. The van der Waals surface area contributed by atoms with Crippen molar-refractivity contribution in [3.63, 3.8) is 0 Å². The van der Waals surface area contributed by atoms with Crippen LogP contribution in [-0.2, 0) is 16.1 Å². The van der Waals surface area contributed by atoms with Gasteiger partial charge in [0, 0.05) is 50.6 Å². The molecule has 2 N–H and O–H groups in total. The lowest BCUT2D eigenvalue weighted by Crippen LogP contribution is -2.43. The van der Waals surface area contributed by atoms with Crippen molar-refractivity contribution in [2.75, 3.05) is 44.2 Å². The lowest BCUT2D eigenvalue weighted by atomic mass is 10.2. The van der Waals surface area contributed by atoms with Gasteiger partial charge in [-0.05, 0) is 42.4 Å². The molecule has 2 fully saturated rings. The Kier molecular flexibility index (Phi) is 6.54. The van der Waals surface area contributed by atoms with Crippen molar-refractivity contribution in [3.05, 3.63) is 36.4 Å². The van der Waals surface area contributed by atoms with Crippen molar-refractivity contribution in [1.29, 1.82) is 0 Å². The maximum atomic E-state index is 12.4. The fraction of sp³-hybridized carbons (Fsp3) is 0.474. The van der Waals surface area contributed by atoms with E-state index in [-0.39, 0.29) is 6.10 Å². The zero-order valence-electron chi connectivity index (χ0n) is 15.2. The van der Waals surface area contributed by atoms with Crippen molar-refractivity contribution < 1.29 is 14.0 Å². The van der Waals surface area contributed by atoms with Gasteiger partial charge in [-0.25, -0.2) is 0 Å². The van der Waals surface area contributed by atoms with Gasteiger partial charge in [-0.1, -0.05) is 6.07 Å². The molecule has 1 aromatic heterocycles. The molecule has 8 heteroatoms. The van der Waals surface area contributed by atoms with E-state index in [0.717, 1.165) is 60.6 Å². The summed E-state index contributed by atoms with van der Waals surface area (Å²) in [5, 5.41) is 4.11. The molecule has 0 spiro atoms. The summed E-state index contributed by atoms with van der Waals surface area (Å²) in [5.74, 6) is 0.803. The van der Waals surface area contributed by atoms with Crippen molar-refractivity contribution in [2.45, 2.75) is 23.2 Å². The van der Waals surface area contributed by atoms with Gasteiger partial charge in [-0.15, -0.1) is 4.72 Å². The Bertz CT molecular complexity index is 730. The molecule has 2 aromatic rings. The summed E-state index contributed by atoms with van der Waals surface area (Å²) in [6.45, 7) is 5.44. The molecule has 1 aromatic carbocycles. The van der Waals surface area contributed by atoms with E-state index in [2.05, 4.69) is 27.1 Å². The average molecular weight is 408 g/mol. The van der Waals surface area contributed by atoms with Gasteiger partial charge in [-0.3, -0.25) is 0 Å². The monoisotopic (exact) mass is 407 g/mol. The van der Waals surface area contributed by atoms with Crippen molar-refractivity contribution in [1.82, 2.24) is 10.0 Å². The number of anilines is 1. The van der Waals surface area contributed by atoms with Crippen LogP contribution in [-0.4, -0.2) is 50.0 Å². The van der Waals surface area contributed by atoms with E-state index >= 15 is 0 Å². The van der Waals surface area contributed by atoms with Gasteiger partial charge in [0.1, 0.15) is 5.75 Å². The van der Waals surface area contributed by atoms with E-state index in [0.29, 0.717) is 6.54 Å². The number of piperazine rings is 1. The number of hydrogen-bond donors (Lipinski definition) is 2. The van der Waals surface area contributed by atoms with Crippen LogP contribution in [0.15, 0.2) is 40.6 Å². The summed E-state index contributed by atoms with van der Waals surface area (Å²) >= 11 is 0.179. The van der Waals surface area contributed by atoms with Crippen LogP contribution in [0.3, 0.4) is 0 Å². The first-order valence-corrected chi connectivity index (χ1v) is 11.3. The van der Waals surface area contributed by atoms with Gasteiger partial charge in [0.2, 0.25) is 4.21 Å². The fourth-order valence-electron chi connectivity index (χ4n) is 3.29. The van der Waals surface area contributed by atoms with Crippen LogP contribution in [0.1, 0.15) is 12.8 Å². The molecule has 0 aliphatic carbocycles. The first-order valence-electron chi connectivity index (χ1n) is 9.38. The van der Waals surface area contributed by atoms with Gasteiger partial charge >= 0.3 is 0 Å². The highest BCUT2D eigenvalue weighted by Gasteiger charge is 2.21. The third kappa shape index (κ3) is 5.16. The van der Waals surface area contributed by atoms with Crippen molar-refractivity contribution >= 4 is 28.4 Å². The van der Waals surface area contributed by atoms with Gasteiger partial charge in [0.25, 0.3) is 0 Å². The molecule has 0 bridgehead atoms. The maximum Gasteiger partial charge on any atom is 0.231 e. The Hall–Kier alpha value is -1.29. The molecular formula is C19H25N3O3S2. The second-order valence-electron chi connectivity index (χ2n) is 6.66. The van der Waals surface area contributed by atoms with Crippen LogP contribution in [0.25, 0.3) is 0 Å². The Labute approximate surface area is 167 Å². The highest BCUT2D eigenvalue weighted by Crippen LogP contribution is 2.33. The Balaban J connectivity index is 1.34. The van der Waals surface area contributed by atoms with Gasteiger partial charge in [0.15, 0.2) is 5.06 Å². The zero-order valence-corrected chi connectivity index (χ0v) is 16.8. The van der Waals surface area contributed by atoms with E-state index in [9.17, 15) is 4.55 Å². The minimum atomic E-state index is -1.23. The predicted molar refractivity (Wildman–Crippen MR) is 109 cm³/mol. The van der Waals surface area contributed by atoms with E-state index in [4.69, 9.17) is 9.47 Å². The number of ether oxygens (including phenoxy) is 2. The van der Waals surface area contributed by atoms with Gasteiger partial charge in [-0.2, -0.15) is 0 Å². The molecule has 4 rings (SSSR count). The number of hydrogen-bond acceptors (Lipinski definition) is 7. The molecule has 146 valence electrons. The topological polar surface area (TPSA) is 68.8 Å². The third-order valence-corrected chi connectivity index (χ3v) is 7.12. The molecule has 27 heavy (non-hydrogen) atoms. The van der Waals surface area contributed by atoms with Crippen LogP contribution in [0.2, 0.25) is 0 Å². The van der Waals surface area contributed by atoms with Crippen LogP contribution in [0.4, 0.5) is 5.69 Å². The molecule has 0 radical (unpaired) electrons. The van der Waals surface area contributed by atoms with E-state index in [1.807, 2.05) is 24.3 Å². The Morgan fingerprint density at radius 3 is 3.00 bits per heavy atom. The first-order chi connectivity index (χ1) is 13.3. The second-order valence-corrected chi connectivity index (χ2v) is 9.23.